The molecule has 0 aliphatic carbocycles. The fourth-order valence-electron chi connectivity index (χ4n) is 4.40. The first kappa shape index (κ1) is 26.8. The van der Waals surface area contributed by atoms with Crippen molar-refractivity contribution in [2.24, 2.45) is 0 Å². The van der Waals surface area contributed by atoms with E-state index < -0.39 is 37.2 Å². The third-order valence-electron chi connectivity index (χ3n) is 5.98. The third-order valence-corrected chi connectivity index (χ3v) is 7.56. The molecule has 1 heterocycles. The van der Waals surface area contributed by atoms with Crippen molar-refractivity contribution in [1.82, 2.24) is 0 Å². The Balaban J connectivity index is 1.92. The number of allylic oxidation sites excluding steroid dienone is 3. The molecule has 0 bridgehead atoms. The van der Waals surface area contributed by atoms with Crippen LogP contribution in [0.4, 0.5) is 11.4 Å². The van der Waals surface area contributed by atoms with Crippen LogP contribution in [-0.2, 0) is 25.7 Å². The smallest absolute Gasteiger partial charge is 0.209 e. The molecule has 2 aromatic carbocycles. The van der Waals surface area contributed by atoms with Gasteiger partial charge in [-0.05, 0) is 38.0 Å². The van der Waals surface area contributed by atoms with Gasteiger partial charge < -0.3 is 14.4 Å². The summed E-state index contributed by atoms with van der Waals surface area (Å²) in [5.74, 6) is -0.939. The van der Waals surface area contributed by atoms with Gasteiger partial charge in [-0.2, -0.15) is 4.58 Å². The number of anilines is 1. The van der Waals surface area contributed by atoms with Crippen LogP contribution in [0, 0.1) is 0 Å². The first-order valence-electron chi connectivity index (χ1n) is 11.3. The second kappa shape index (κ2) is 11.3. The molecule has 2 aromatic rings. The number of hydrogen-bond acceptors (Lipinski definition) is 7. The minimum atomic E-state index is -4.35. The molecule has 0 aromatic heterocycles. The van der Waals surface area contributed by atoms with Gasteiger partial charge in [0, 0.05) is 47.5 Å². The zero-order valence-corrected chi connectivity index (χ0v) is 21.1. The van der Waals surface area contributed by atoms with Gasteiger partial charge in [-0.3, -0.25) is 0 Å². The molecule has 35 heavy (non-hydrogen) atoms. The molecule has 1 aliphatic heterocycles. The molecule has 1 N–H and O–H groups in total. The van der Waals surface area contributed by atoms with Crippen LogP contribution in [0.3, 0.4) is 0 Å². The number of fused-ring (bicyclic) bond motifs is 1. The van der Waals surface area contributed by atoms with Gasteiger partial charge >= 0.3 is 0 Å². The molecule has 0 saturated heterocycles. The van der Waals surface area contributed by atoms with Crippen LogP contribution < -0.4 is 5.32 Å². The van der Waals surface area contributed by atoms with E-state index in [2.05, 4.69) is 5.32 Å². The van der Waals surface area contributed by atoms with E-state index in [1.165, 1.54) is 0 Å². The zero-order valence-electron chi connectivity index (χ0n) is 19.5. The number of nitrogens with zero attached hydrogens (tertiary/aromatic N) is 1. The van der Waals surface area contributed by atoms with Crippen LogP contribution in [0.15, 0.2) is 79.0 Å². The molecular formula is C25H29N2O6S2-. The van der Waals surface area contributed by atoms with Crippen molar-refractivity contribution in [3.05, 3.63) is 84.6 Å². The van der Waals surface area contributed by atoms with Crippen molar-refractivity contribution in [3.63, 3.8) is 0 Å². The Morgan fingerprint density at radius 3 is 2.20 bits per heavy atom. The lowest BCUT2D eigenvalue weighted by molar-refractivity contribution is -0.437. The average molecular weight is 518 g/mol. The summed E-state index contributed by atoms with van der Waals surface area (Å²) >= 11 is 0. The Labute approximate surface area is 207 Å². The summed E-state index contributed by atoms with van der Waals surface area (Å²) in [5.41, 5.74) is 3.00. The summed E-state index contributed by atoms with van der Waals surface area (Å²) < 4.78 is 69.1. The van der Waals surface area contributed by atoms with Crippen molar-refractivity contribution in [1.29, 1.82) is 0 Å². The highest BCUT2D eigenvalue weighted by atomic mass is 32.2. The van der Waals surface area contributed by atoms with Crippen LogP contribution in [0.1, 0.15) is 31.7 Å². The number of para-hydroxylation sites is 2. The number of benzene rings is 2. The van der Waals surface area contributed by atoms with Crippen LogP contribution in [0.5, 0.6) is 0 Å². The summed E-state index contributed by atoms with van der Waals surface area (Å²) in [4.78, 5) is 0. The number of hydrogen-bond donors (Lipinski definition) is 1. The van der Waals surface area contributed by atoms with E-state index in [9.17, 15) is 25.9 Å². The molecule has 8 nitrogen and oxygen atoms in total. The van der Waals surface area contributed by atoms with Crippen LogP contribution in [0.25, 0.3) is 0 Å². The van der Waals surface area contributed by atoms with Crippen LogP contribution >= 0.6 is 0 Å². The second-order valence-corrected chi connectivity index (χ2v) is 11.6. The predicted molar refractivity (Wildman–Crippen MR) is 135 cm³/mol. The van der Waals surface area contributed by atoms with Gasteiger partial charge in [-0.1, -0.05) is 42.5 Å². The van der Waals surface area contributed by atoms with E-state index in [4.69, 9.17) is 0 Å². The second-order valence-electron chi connectivity index (χ2n) is 8.60. The SMILES string of the molecule is CC1(CCCS(=O)(=O)[O-])C(/C=C/C=C/Nc2ccccc2)=[N+](CCCS(=O)(=O)[O-])c2ccccc21. The molecule has 1 unspecified atom stereocenters. The van der Waals surface area contributed by atoms with E-state index >= 15 is 0 Å². The highest BCUT2D eigenvalue weighted by molar-refractivity contribution is 7.85. The molecule has 3 rings (SSSR count). The lowest BCUT2D eigenvalue weighted by Gasteiger charge is -2.22. The molecule has 0 amide bonds. The molecule has 0 fully saturated rings. The fourth-order valence-corrected chi connectivity index (χ4v) is 5.38. The maximum absolute atomic E-state index is 11.2. The van der Waals surface area contributed by atoms with E-state index in [-0.39, 0.29) is 12.8 Å². The van der Waals surface area contributed by atoms with E-state index in [1.54, 1.807) is 6.20 Å². The van der Waals surface area contributed by atoms with Crippen molar-refractivity contribution < 1.29 is 30.5 Å². The van der Waals surface area contributed by atoms with Gasteiger partial charge in [0.05, 0.1) is 25.7 Å². The van der Waals surface area contributed by atoms with Crippen molar-refractivity contribution in [2.75, 3.05) is 23.4 Å². The van der Waals surface area contributed by atoms with Crippen LogP contribution in [-0.4, -0.2) is 54.3 Å². The Bertz CT molecular complexity index is 1330. The lowest BCUT2D eigenvalue weighted by Crippen LogP contribution is -2.32. The Hall–Kier alpha value is -2.79. The maximum atomic E-state index is 11.2. The molecule has 1 atom stereocenters. The zero-order chi connectivity index (χ0) is 25.5. The normalized spacial score (nSPS) is 18.5. The van der Waals surface area contributed by atoms with Crippen molar-refractivity contribution >= 4 is 37.3 Å². The first-order valence-corrected chi connectivity index (χ1v) is 14.4. The third kappa shape index (κ3) is 7.60. The summed E-state index contributed by atoms with van der Waals surface area (Å²) in [6.45, 7) is 2.29. The maximum Gasteiger partial charge on any atom is 0.209 e. The minimum absolute atomic E-state index is 0.147. The Morgan fingerprint density at radius 1 is 0.886 bits per heavy atom. The lowest BCUT2D eigenvalue weighted by atomic mass is 9.76. The van der Waals surface area contributed by atoms with Gasteiger partial charge in [0.1, 0.15) is 6.54 Å². The minimum Gasteiger partial charge on any atom is -0.748 e. The highest BCUT2D eigenvalue weighted by Crippen LogP contribution is 2.43. The van der Waals surface area contributed by atoms with Gasteiger partial charge in [-0.25, -0.2) is 16.8 Å². The van der Waals surface area contributed by atoms with Gasteiger partial charge in [0.15, 0.2) is 5.71 Å². The number of nitrogens with one attached hydrogen (secondary N) is 1. The summed E-state index contributed by atoms with van der Waals surface area (Å²) in [5, 5.41) is 3.16. The molecule has 0 radical (unpaired) electrons. The molecule has 10 heteroatoms. The summed E-state index contributed by atoms with van der Waals surface area (Å²) in [6, 6.07) is 17.3. The first-order chi connectivity index (χ1) is 16.5. The molecule has 188 valence electrons. The van der Waals surface area contributed by atoms with E-state index in [0.29, 0.717) is 13.0 Å². The Morgan fingerprint density at radius 2 is 1.51 bits per heavy atom. The highest BCUT2D eigenvalue weighted by Gasteiger charge is 2.46. The average Bonchev–Trinajstić information content (AvgIpc) is 3.01. The largest absolute Gasteiger partial charge is 0.748 e. The standard InChI is InChI=1S/C25H30N2O6S2/c1-25(16-9-19-34(28,29)30)22-13-5-6-14-23(22)27(18-10-20-35(31,32)33)24(25)15-7-8-17-26-21-11-3-2-4-12-21/h2-8,11-15,17H,9-10,16,18-20H2,1H3,(H2,28,29,30,31,32,33)/p-1. The van der Waals surface area contributed by atoms with Gasteiger partial charge in [0.25, 0.3) is 0 Å². The summed E-state index contributed by atoms with van der Waals surface area (Å²) in [7, 11) is -8.69. The fraction of sp³-hybridized carbons (Fsp3) is 0.320. The Kier molecular flexibility index (Phi) is 8.65. The quantitative estimate of drug-likeness (QED) is 0.259. The monoisotopic (exact) mass is 517 g/mol. The van der Waals surface area contributed by atoms with Gasteiger partial charge in [-0.15, -0.1) is 0 Å². The van der Waals surface area contributed by atoms with Crippen LogP contribution in [0.2, 0.25) is 0 Å². The van der Waals surface area contributed by atoms with E-state index in [0.717, 1.165) is 22.6 Å². The topological polar surface area (TPSA) is 129 Å². The number of rotatable bonds is 12. The molecule has 0 saturated carbocycles. The molecule has 0 spiro atoms. The van der Waals surface area contributed by atoms with Crippen molar-refractivity contribution in [2.45, 2.75) is 31.6 Å². The summed E-state index contributed by atoms with van der Waals surface area (Å²) in [6.07, 6.45) is 8.09. The predicted octanol–water partition coefficient (Wildman–Crippen LogP) is 3.49. The molecular weight excluding hydrogens is 488 g/mol. The molecule has 1 aliphatic rings. The van der Waals surface area contributed by atoms with Gasteiger partial charge in [0.2, 0.25) is 5.69 Å². The van der Waals surface area contributed by atoms with Crippen molar-refractivity contribution in [3.8, 4) is 0 Å². The van der Waals surface area contributed by atoms with E-state index in [1.807, 2.05) is 84.3 Å².